The molecule has 1 fully saturated rings. The van der Waals surface area contributed by atoms with Gasteiger partial charge in [0.1, 0.15) is 0 Å². The van der Waals surface area contributed by atoms with Gasteiger partial charge >= 0.3 is 0 Å². The smallest absolute Gasteiger partial charge is 0.222 e. The summed E-state index contributed by atoms with van der Waals surface area (Å²) in [6.45, 7) is 2.70. The van der Waals surface area contributed by atoms with E-state index in [1.54, 1.807) is 12.1 Å². The number of carbonyl (C=O) groups is 1. The maximum Gasteiger partial charge on any atom is 0.222 e. The van der Waals surface area contributed by atoms with Gasteiger partial charge in [-0.15, -0.1) is 0 Å². The Labute approximate surface area is 112 Å². The van der Waals surface area contributed by atoms with Crippen LogP contribution in [0.3, 0.4) is 0 Å². The van der Waals surface area contributed by atoms with E-state index in [1.165, 1.54) is 0 Å². The van der Waals surface area contributed by atoms with Crippen molar-refractivity contribution in [2.45, 2.75) is 25.8 Å². The van der Waals surface area contributed by atoms with E-state index in [9.17, 15) is 4.79 Å². The molecule has 2 atom stereocenters. The summed E-state index contributed by atoms with van der Waals surface area (Å²) in [7, 11) is 0. The second-order valence-electron chi connectivity index (χ2n) is 5.06. The van der Waals surface area contributed by atoms with Crippen LogP contribution >= 0.6 is 0 Å². The Morgan fingerprint density at radius 2 is 2.21 bits per heavy atom. The van der Waals surface area contributed by atoms with E-state index in [4.69, 9.17) is 16.7 Å². The molecule has 0 aliphatic carbocycles. The van der Waals surface area contributed by atoms with Crippen molar-refractivity contribution in [3.8, 4) is 6.07 Å². The molecular weight excluding hydrogens is 240 g/mol. The summed E-state index contributed by atoms with van der Waals surface area (Å²) in [5.41, 5.74) is 13.4. The summed E-state index contributed by atoms with van der Waals surface area (Å²) in [5, 5.41) is 8.85. The van der Waals surface area contributed by atoms with Crippen molar-refractivity contribution in [3.63, 3.8) is 0 Å². The van der Waals surface area contributed by atoms with Gasteiger partial charge < -0.3 is 16.4 Å². The number of nitrogens with two attached hydrogens (primary N) is 2. The van der Waals surface area contributed by atoms with Crippen LogP contribution in [0.5, 0.6) is 0 Å². The number of nitrogen functional groups attached to an aromatic ring is 1. The molecule has 1 amide bonds. The number of rotatable bonds is 2. The highest BCUT2D eigenvalue weighted by molar-refractivity contribution is 5.78. The van der Waals surface area contributed by atoms with E-state index in [1.807, 2.05) is 6.07 Å². The predicted octanol–water partition coefficient (Wildman–Crippen LogP) is 1.23. The zero-order valence-corrected chi connectivity index (χ0v) is 11.0. The van der Waals surface area contributed by atoms with E-state index in [0.29, 0.717) is 23.8 Å². The Morgan fingerprint density at radius 1 is 1.47 bits per heavy atom. The predicted molar refractivity (Wildman–Crippen MR) is 74.3 cm³/mol. The maximum atomic E-state index is 11.3. The summed E-state index contributed by atoms with van der Waals surface area (Å²) in [5.74, 6) is -0.393. The standard InChI is InChI=1S/C14H18N4O/c1-9-2-4-11(14(17)19)8-18(9)13-5-3-10(7-15)6-12(13)16/h3,5-6,9,11H,2,4,8,16H2,1H3,(H2,17,19). The molecule has 5 nitrogen and oxygen atoms in total. The van der Waals surface area contributed by atoms with Gasteiger partial charge in [-0.25, -0.2) is 0 Å². The van der Waals surface area contributed by atoms with Gasteiger partial charge in [-0.2, -0.15) is 5.26 Å². The Morgan fingerprint density at radius 3 is 2.79 bits per heavy atom. The van der Waals surface area contributed by atoms with Crippen molar-refractivity contribution >= 4 is 17.3 Å². The van der Waals surface area contributed by atoms with Crippen LogP contribution in [0.4, 0.5) is 11.4 Å². The minimum atomic E-state index is -0.260. The van der Waals surface area contributed by atoms with E-state index in [2.05, 4.69) is 17.9 Å². The Bertz CT molecular complexity index is 535. The number of piperidine rings is 1. The number of hydrogen-bond donors (Lipinski definition) is 2. The van der Waals surface area contributed by atoms with Crippen molar-refractivity contribution in [2.24, 2.45) is 11.7 Å². The molecule has 100 valence electrons. The van der Waals surface area contributed by atoms with Crippen LogP contribution < -0.4 is 16.4 Å². The van der Waals surface area contributed by atoms with Crippen LogP contribution in [-0.2, 0) is 4.79 Å². The Balaban J connectivity index is 2.29. The molecule has 1 aliphatic heterocycles. The quantitative estimate of drug-likeness (QED) is 0.780. The molecule has 0 spiro atoms. The fourth-order valence-electron chi connectivity index (χ4n) is 2.56. The van der Waals surface area contributed by atoms with E-state index in [0.717, 1.165) is 18.5 Å². The first-order chi connectivity index (χ1) is 9.02. The van der Waals surface area contributed by atoms with Crippen molar-refractivity contribution in [2.75, 3.05) is 17.2 Å². The monoisotopic (exact) mass is 258 g/mol. The molecule has 2 unspecified atom stereocenters. The Kier molecular flexibility index (Phi) is 3.61. The maximum absolute atomic E-state index is 11.3. The number of nitrogens with zero attached hydrogens (tertiary/aromatic N) is 2. The minimum Gasteiger partial charge on any atom is -0.397 e. The van der Waals surface area contributed by atoms with E-state index < -0.39 is 0 Å². The summed E-state index contributed by atoms with van der Waals surface area (Å²) in [4.78, 5) is 13.5. The number of benzene rings is 1. The largest absolute Gasteiger partial charge is 0.397 e. The highest BCUT2D eigenvalue weighted by Crippen LogP contribution is 2.32. The van der Waals surface area contributed by atoms with Gasteiger partial charge in [0.05, 0.1) is 28.9 Å². The molecule has 0 bridgehead atoms. The molecule has 1 aromatic carbocycles. The molecule has 0 saturated carbocycles. The molecule has 4 N–H and O–H groups in total. The van der Waals surface area contributed by atoms with E-state index >= 15 is 0 Å². The van der Waals surface area contributed by atoms with Gasteiger partial charge in [-0.05, 0) is 38.0 Å². The first kappa shape index (κ1) is 13.2. The zero-order valence-electron chi connectivity index (χ0n) is 11.0. The van der Waals surface area contributed by atoms with E-state index in [-0.39, 0.29) is 11.8 Å². The van der Waals surface area contributed by atoms with Crippen molar-refractivity contribution in [1.29, 1.82) is 5.26 Å². The topological polar surface area (TPSA) is 96.1 Å². The molecule has 1 heterocycles. The van der Waals surface area contributed by atoms with Crippen LogP contribution in [0, 0.1) is 17.2 Å². The molecule has 2 rings (SSSR count). The lowest BCUT2D eigenvalue weighted by Crippen LogP contribution is -2.46. The van der Waals surface area contributed by atoms with Crippen LogP contribution in [0.2, 0.25) is 0 Å². The average Bonchev–Trinajstić information content (AvgIpc) is 2.39. The molecular formula is C14H18N4O. The van der Waals surface area contributed by atoms with Gasteiger partial charge in [0, 0.05) is 12.6 Å². The lowest BCUT2D eigenvalue weighted by Gasteiger charge is -2.39. The van der Waals surface area contributed by atoms with Gasteiger partial charge in [0.2, 0.25) is 5.91 Å². The molecule has 5 heteroatoms. The van der Waals surface area contributed by atoms with Crippen molar-refractivity contribution in [1.82, 2.24) is 0 Å². The molecule has 0 aromatic heterocycles. The fourth-order valence-corrected chi connectivity index (χ4v) is 2.56. The SMILES string of the molecule is CC1CCC(C(N)=O)CN1c1ccc(C#N)cc1N. The highest BCUT2D eigenvalue weighted by atomic mass is 16.1. The summed E-state index contributed by atoms with van der Waals surface area (Å²) in [6.07, 6.45) is 1.73. The number of anilines is 2. The first-order valence-corrected chi connectivity index (χ1v) is 6.38. The van der Waals surface area contributed by atoms with Crippen molar-refractivity contribution < 1.29 is 4.79 Å². The normalized spacial score (nSPS) is 22.8. The number of nitriles is 1. The van der Waals surface area contributed by atoms with Crippen LogP contribution in [0.1, 0.15) is 25.3 Å². The van der Waals surface area contributed by atoms with Crippen LogP contribution in [-0.4, -0.2) is 18.5 Å². The van der Waals surface area contributed by atoms with Gasteiger partial charge in [0.15, 0.2) is 0 Å². The molecule has 1 aromatic rings. The third-order valence-electron chi connectivity index (χ3n) is 3.75. The molecule has 19 heavy (non-hydrogen) atoms. The number of carbonyl (C=O) groups excluding carboxylic acids is 1. The molecule has 1 aliphatic rings. The second kappa shape index (κ2) is 5.19. The Hall–Kier alpha value is -2.22. The van der Waals surface area contributed by atoms with Gasteiger partial charge in [-0.3, -0.25) is 4.79 Å². The first-order valence-electron chi connectivity index (χ1n) is 6.38. The third-order valence-corrected chi connectivity index (χ3v) is 3.75. The number of hydrogen-bond acceptors (Lipinski definition) is 4. The highest BCUT2D eigenvalue weighted by Gasteiger charge is 2.29. The summed E-state index contributed by atoms with van der Waals surface area (Å²) >= 11 is 0. The lowest BCUT2D eigenvalue weighted by atomic mass is 9.92. The third kappa shape index (κ3) is 2.63. The number of amides is 1. The van der Waals surface area contributed by atoms with Gasteiger partial charge in [-0.1, -0.05) is 0 Å². The zero-order chi connectivity index (χ0) is 14.0. The molecule has 0 radical (unpaired) electrons. The minimum absolute atomic E-state index is 0.133. The van der Waals surface area contributed by atoms with Crippen molar-refractivity contribution in [3.05, 3.63) is 23.8 Å². The summed E-state index contributed by atoms with van der Waals surface area (Å²) < 4.78 is 0. The fraction of sp³-hybridized carbons (Fsp3) is 0.429. The van der Waals surface area contributed by atoms with Crippen LogP contribution in [0.25, 0.3) is 0 Å². The van der Waals surface area contributed by atoms with Gasteiger partial charge in [0.25, 0.3) is 0 Å². The molecule has 1 saturated heterocycles. The average molecular weight is 258 g/mol. The lowest BCUT2D eigenvalue weighted by molar-refractivity contribution is -0.122. The summed E-state index contributed by atoms with van der Waals surface area (Å²) in [6, 6.07) is 7.62. The van der Waals surface area contributed by atoms with Crippen LogP contribution in [0.15, 0.2) is 18.2 Å². The number of primary amides is 1. The second-order valence-corrected chi connectivity index (χ2v) is 5.06.